The number of nitrogens with zero attached hydrogens (tertiary/aromatic N) is 2. The summed E-state index contributed by atoms with van der Waals surface area (Å²) < 4.78 is 12.7. The molecule has 0 saturated carbocycles. The summed E-state index contributed by atoms with van der Waals surface area (Å²) in [7, 11) is -2.77. The second-order valence-electron chi connectivity index (χ2n) is 27.2. The second-order valence-corrected chi connectivity index (χ2v) is 31.0. The molecule has 11 aromatic carbocycles. The Morgan fingerprint density at radius 3 is 1.62 bits per heavy atom. The van der Waals surface area contributed by atoms with Gasteiger partial charge in [0.05, 0.1) is 22.2 Å². The van der Waals surface area contributed by atoms with E-state index in [0.717, 1.165) is 17.2 Å². The maximum atomic E-state index is 7.46. The molecular formula is C79H67BN2OSi. The quantitative estimate of drug-likeness (QED) is 0.120. The number of rotatable bonds is 6. The van der Waals surface area contributed by atoms with Crippen LogP contribution in [0.2, 0.25) is 0 Å². The average molecular weight is 1100 g/mol. The lowest BCUT2D eigenvalue weighted by Crippen LogP contribution is -2.74. The highest BCUT2D eigenvalue weighted by Gasteiger charge is 2.45. The van der Waals surface area contributed by atoms with Crippen molar-refractivity contribution in [3.63, 3.8) is 0 Å². The zero-order valence-electron chi connectivity index (χ0n) is 49.5. The first-order valence-corrected chi connectivity index (χ1v) is 32.1. The molecule has 3 nitrogen and oxygen atoms in total. The van der Waals surface area contributed by atoms with Gasteiger partial charge in [0.25, 0.3) is 6.71 Å². The predicted molar refractivity (Wildman–Crippen MR) is 359 cm³/mol. The summed E-state index contributed by atoms with van der Waals surface area (Å²) in [6.07, 6.45) is 0. The van der Waals surface area contributed by atoms with Crippen LogP contribution in [0.1, 0.15) is 102 Å². The highest BCUT2D eigenvalue weighted by atomic mass is 28.3. The molecule has 84 heavy (non-hydrogen) atoms. The number of aromatic nitrogens is 2. The minimum absolute atomic E-state index is 0.0255. The molecule has 5 heteroatoms. The first kappa shape index (κ1) is 50.8. The maximum Gasteiger partial charge on any atom is 0.256 e. The van der Waals surface area contributed by atoms with E-state index in [-0.39, 0.29) is 28.9 Å². The van der Waals surface area contributed by atoms with Gasteiger partial charge in [0, 0.05) is 44.7 Å². The molecule has 0 amide bonds. The van der Waals surface area contributed by atoms with E-state index in [0.29, 0.717) is 0 Å². The number of benzene rings is 11. The van der Waals surface area contributed by atoms with Gasteiger partial charge in [-0.1, -0.05) is 256 Å². The molecule has 1 atom stereocenters. The average Bonchev–Trinajstić information content (AvgIpc) is 1.48. The van der Waals surface area contributed by atoms with Gasteiger partial charge in [0.1, 0.15) is 11.5 Å². The molecule has 0 spiro atoms. The molecule has 0 bridgehead atoms. The van der Waals surface area contributed by atoms with E-state index < -0.39 is 8.07 Å². The Kier molecular flexibility index (Phi) is 10.9. The Morgan fingerprint density at radius 1 is 0.393 bits per heavy atom. The van der Waals surface area contributed by atoms with Crippen molar-refractivity contribution in [3.05, 3.63) is 270 Å². The normalized spacial score (nSPS) is 14.4. The lowest BCUT2D eigenvalue weighted by Gasteiger charge is -2.35. The first-order valence-electron chi connectivity index (χ1n) is 30.1. The van der Waals surface area contributed by atoms with Gasteiger partial charge in [-0.05, 0) is 134 Å². The van der Waals surface area contributed by atoms with Crippen LogP contribution in [0.3, 0.4) is 0 Å². The van der Waals surface area contributed by atoms with E-state index in [1.54, 1.807) is 0 Å². The lowest BCUT2D eigenvalue weighted by molar-refractivity contribution is 0.486. The molecular weight excluding hydrogens is 1030 g/mol. The van der Waals surface area contributed by atoms with Gasteiger partial charge in [0.15, 0.2) is 8.07 Å². The number of fused-ring (bicyclic) bond motifs is 14. The van der Waals surface area contributed by atoms with Gasteiger partial charge in [-0.15, -0.1) is 0 Å². The van der Waals surface area contributed by atoms with E-state index in [1.165, 1.54) is 131 Å². The smallest absolute Gasteiger partial charge is 0.256 e. The van der Waals surface area contributed by atoms with Gasteiger partial charge in [-0.3, -0.25) is 0 Å². The fourth-order valence-electron chi connectivity index (χ4n) is 15.1. The van der Waals surface area contributed by atoms with Crippen molar-refractivity contribution >= 4 is 95.5 Å². The SMILES string of the molecule is CC(C)(C)c1ccc2c(c1)B1c3c(cc(-n4c5ccccc5c5ccc6c(c54)C(c4ccc([Si](c5ccccc5)(c5ccccc5)c5ccccc5)cc4)c4ccccc4-6)cc3-n3c4ccc(C(C)(C)C)cc4c4cc(C(C)(C)C)cc1c43)O2. The number of ether oxygens (including phenoxy) is 1. The Bertz CT molecular complexity index is 4760. The molecule has 406 valence electrons. The maximum absolute atomic E-state index is 7.46. The van der Waals surface area contributed by atoms with Crippen molar-refractivity contribution in [2.45, 2.75) is 84.5 Å². The standard InChI is InChI=1S/C79H67BN2OSi/c1-77(2,3)50-35-41-68-63(43-50)64-44-52(79(7,8)9)46-66-75(64)82(68)69-47-53(48-71-74(69)80(66)65-45-51(78(4,5)6)36-42-70(65)83-71)81-67-32-22-21-30-59(67)62-40-39-61-58-29-19-20-31-60(58)72(73(61)76(62)81)49-33-37-57(38-34-49)84(54-23-13-10-14-24-54,55-25-15-11-16-26-55)56-27-17-12-18-28-56/h10-48,72H,1-9H3. The summed E-state index contributed by atoms with van der Waals surface area (Å²) in [5.74, 6) is 1.81. The topological polar surface area (TPSA) is 19.1 Å². The molecule has 3 aliphatic rings. The van der Waals surface area contributed by atoms with Crippen LogP contribution in [0.5, 0.6) is 11.5 Å². The van der Waals surface area contributed by atoms with Crippen molar-refractivity contribution in [2.24, 2.45) is 0 Å². The third-order valence-corrected chi connectivity index (χ3v) is 24.1. The summed E-state index contributed by atoms with van der Waals surface area (Å²) in [5.41, 5.74) is 21.4. The zero-order chi connectivity index (χ0) is 57.2. The molecule has 0 fully saturated rings. The molecule has 16 rings (SSSR count). The molecule has 1 aliphatic carbocycles. The van der Waals surface area contributed by atoms with Crippen LogP contribution in [0.25, 0.3) is 66.1 Å². The van der Waals surface area contributed by atoms with Gasteiger partial charge in [0.2, 0.25) is 0 Å². The lowest BCUT2D eigenvalue weighted by atomic mass is 9.34. The molecule has 2 aromatic heterocycles. The number of hydrogen-bond donors (Lipinski definition) is 0. The van der Waals surface area contributed by atoms with E-state index >= 15 is 0 Å². The van der Waals surface area contributed by atoms with E-state index in [9.17, 15) is 0 Å². The Hall–Kier alpha value is -8.90. The van der Waals surface area contributed by atoms with Crippen molar-refractivity contribution in [1.29, 1.82) is 0 Å². The van der Waals surface area contributed by atoms with Crippen molar-refractivity contribution in [3.8, 4) is 34.0 Å². The van der Waals surface area contributed by atoms with Crippen LogP contribution in [0.15, 0.2) is 237 Å². The van der Waals surface area contributed by atoms with E-state index in [2.05, 4.69) is 308 Å². The summed E-state index contributed by atoms with van der Waals surface area (Å²) in [4.78, 5) is 0. The minimum Gasteiger partial charge on any atom is -0.458 e. The van der Waals surface area contributed by atoms with Crippen LogP contribution in [0, 0.1) is 0 Å². The van der Waals surface area contributed by atoms with Gasteiger partial charge >= 0.3 is 0 Å². The zero-order valence-corrected chi connectivity index (χ0v) is 50.5. The van der Waals surface area contributed by atoms with Crippen molar-refractivity contribution < 1.29 is 4.74 Å². The molecule has 2 aliphatic heterocycles. The molecule has 0 saturated heterocycles. The van der Waals surface area contributed by atoms with E-state index in [4.69, 9.17) is 4.74 Å². The largest absolute Gasteiger partial charge is 0.458 e. The third kappa shape index (κ3) is 7.30. The Balaban J connectivity index is 0.969. The van der Waals surface area contributed by atoms with Crippen LogP contribution in [0.4, 0.5) is 0 Å². The Morgan fingerprint density at radius 2 is 0.952 bits per heavy atom. The summed E-state index contributed by atoms with van der Waals surface area (Å²) in [6, 6.07) is 90.9. The van der Waals surface area contributed by atoms with E-state index in [1.807, 2.05) is 0 Å². The highest BCUT2D eigenvalue weighted by Crippen LogP contribution is 2.53. The number of hydrogen-bond acceptors (Lipinski definition) is 1. The molecule has 1 unspecified atom stereocenters. The van der Waals surface area contributed by atoms with Gasteiger partial charge in [-0.2, -0.15) is 0 Å². The van der Waals surface area contributed by atoms with Crippen LogP contribution < -0.4 is 41.9 Å². The highest BCUT2D eigenvalue weighted by molar-refractivity contribution is 7.19. The molecule has 13 aromatic rings. The fourth-order valence-corrected chi connectivity index (χ4v) is 19.9. The van der Waals surface area contributed by atoms with Crippen LogP contribution in [-0.4, -0.2) is 23.9 Å². The summed E-state index contributed by atoms with van der Waals surface area (Å²) in [5, 5.41) is 10.6. The minimum atomic E-state index is -2.77. The van der Waals surface area contributed by atoms with Gasteiger partial charge < -0.3 is 13.9 Å². The van der Waals surface area contributed by atoms with Crippen molar-refractivity contribution in [1.82, 2.24) is 9.13 Å². The molecule has 4 heterocycles. The van der Waals surface area contributed by atoms with Gasteiger partial charge in [-0.25, -0.2) is 0 Å². The number of para-hydroxylation sites is 1. The summed E-state index contributed by atoms with van der Waals surface area (Å²) in [6.45, 7) is 21.0. The summed E-state index contributed by atoms with van der Waals surface area (Å²) >= 11 is 0. The second kappa shape index (κ2) is 18.1. The van der Waals surface area contributed by atoms with Crippen LogP contribution >= 0.6 is 0 Å². The fraction of sp³-hybridized carbons (Fsp3) is 0.165. The molecule has 0 radical (unpaired) electrons. The molecule has 0 N–H and O–H groups in total. The third-order valence-electron chi connectivity index (χ3n) is 19.3. The predicted octanol–water partition coefficient (Wildman–Crippen LogP) is 15.2. The van der Waals surface area contributed by atoms with Crippen LogP contribution in [-0.2, 0) is 16.2 Å². The van der Waals surface area contributed by atoms with Crippen molar-refractivity contribution in [2.75, 3.05) is 0 Å². The monoisotopic (exact) mass is 1100 g/mol. The first-order chi connectivity index (χ1) is 40.6. The Labute approximate surface area is 494 Å².